The molecule has 0 aliphatic rings. The smallest absolute Gasteiger partial charge is 0.228 e. The number of rotatable bonds is 5. The van der Waals surface area contributed by atoms with Gasteiger partial charge in [-0.3, -0.25) is 4.79 Å². The first-order valence-electron chi connectivity index (χ1n) is 8.55. The van der Waals surface area contributed by atoms with Gasteiger partial charge in [-0.2, -0.15) is 0 Å². The van der Waals surface area contributed by atoms with Gasteiger partial charge in [-0.25, -0.2) is 4.98 Å². The van der Waals surface area contributed by atoms with Gasteiger partial charge in [-0.05, 0) is 48.0 Å². The van der Waals surface area contributed by atoms with Crippen molar-refractivity contribution in [1.82, 2.24) is 9.97 Å². The van der Waals surface area contributed by atoms with Gasteiger partial charge in [0.15, 0.2) is 0 Å². The molecule has 0 bridgehead atoms. The number of anilines is 1. The minimum atomic E-state index is -0.0838. The number of hydrogen-bond acceptors (Lipinski definition) is 4. The van der Waals surface area contributed by atoms with E-state index < -0.39 is 0 Å². The fourth-order valence-corrected chi connectivity index (χ4v) is 3.11. The zero-order valence-electron chi connectivity index (χ0n) is 15.1. The van der Waals surface area contributed by atoms with Gasteiger partial charge in [0.2, 0.25) is 11.8 Å². The van der Waals surface area contributed by atoms with Crippen molar-refractivity contribution in [3.8, 4) is 11.6 Å². The maximum absolute atomic E-state index is 12.5. The van der Waals surface area contributed by atoms with Gasteiger partial charge >= 0.3 is 0 Å². The number of carbonyl (C=O) groups excluding carboxylic acids is 1. The lowest BCUT2D eigenvalue weighted by Crippen LogP contribution is -2.14. The number of pyridine rings is 1. The molecule has 0 unspecified atom stereocenters. The van der Waals surface area contributed by atoms with Gasteiger partial charge < -0.3 is 19.8 Å². The molecule has 0 radical (unpaired) electrons. The van der Waals surface area contributed by atoms with Crippen LogP contribution >= 0.6 is 0 Å². The van der Waals surface area contributed by atoms with Crippen LogP contribution in [0.3, 0.4) is 0 Å². The van der Waals surface area contributed by atoms with E-state index in [0.29, 0.717) is 5.88 Å². The summed E-state index contributed by atoms with van der Waals surface area (Å²) < 4.78 is 10.4. The summed E-state index contributed by atoms with van der Waals surface area (Å²) in [5.41, 5.74) is 3.45. The zero-order valence-corrected chi connectivity index (χ0v) is 15.1. The number of aromatic nitrogens is 2. The molecule has 0 saturated heterocycles. The number of hydrogen-bond donors (Lipinski definition) is 2. The van der Waals surface area contributed by atoms with Crippen LogP contribution < -0.4 is 14.8 Å². The minimum Gasteiger partial charge on any atom is -0.497 e. The third-order valence-electron chi connectivity index (χ3n) is 4.48. The van der Waals surface area contributed by atoms with Crippen molar-refractivity contribution in [1.29, 1.82) is 0 Å². The van der Waals surface area contributed by atoms with E-state index in [2.05, 4.69) is 15.3 Å². The Morgan fingerprint density at radius 2 is 1.96 bits per heavy atom. The lowest BCUT2D eigenvalue weighted by Gasteiger charge is -2.07. The Kier molecular flexibility index (Phi) is 4.38. The number of methoxy groups -OCH3 is 2. The molecule has 1 amide bonds. The number of H-pyrrole nitrogens is 1. The third kappa shape index (κ3) is 3.42. The van der Waals surface area contributed by atoms with Gasteiger partial charge in [0.25, 0.3) is 0 Å². The van der Waals surface area contributed by atoms with E-state index in [1.807, 2.05) is 48.7 Å². The summed E-state index contributed by atoms with van der Waals surface area (Å²) in [5.74, 6) is 1.25. The lowest BCUT2D eigenvalue weighted by atomic mass is 10.1. The molecule has 2 N–H and O–H groups in total. The molecule has 4 aromatic rings. The van der Waals surface area contributed by atoms with Crippen LogP contribution in [-0.2, 0) is 11.2 Å². The topological polar surface area (TPSA) is 76.2 Å². The molecule has 2 heterocycles. The Hall–Kier alpha value is -3.54. The number of fused-ring (bicyclic) bond motifs is 2. The molecule has 27 heavy (non-hydrogen) atoms. The molecule has 0 aliphatic carbocycles. The predicted octanol–water partition coefficient (Wildman–Crippen LogP) is 3.91. The molecule has 0 fully saturated rings. The fourth-order valence-electron chi connectivity index (χ4n) is 3.11. The van der Waals surface area contributed by atoms with Crippen molar-refractivity contribution in [2.24, 2.45) is 0 Å². The highest BCUT2D eigenvalue weighted by Gasteiger charge is 2.11. The Labute approximate surface area is 156 Å². The molecule has 0 atom stereocenters. The highest BCUT2D eigenvalue weighted by Crippen LogP contribution is 2.25. The van der Waals surface area contributed by atoms with Gasteiger partial charge in [-0.15, -0.1) is 0 Å². The predicted molar refractivity (Wildman–Crippen MR) is 105 cm³/mol. The van der Waals surface area contributed by atoms with Crippen LogP contribution in [0.25, 0.3) is 21.8 Å². The molecule has 4 rings (SSSR count). The van der Waals surface area contributed by atoms with Gasteiger partial charge in [0.1, 0.15) is 5.75 Å². The number of aromatic amines is 1. The largest absolute Gasteiger partial charge is 0.497 e. The molecule has 0 spiro atoms. The number of nitrogens with one attached hydrogen (secondary N) is 2. The van der Waals surface area contributed by atoms with Crippen molar-refractivity contribution >= 4 is 33.4 Å². The number of carbonyl (C=O) groups is 1. The quantitative estimate of drug-likeness (QED) is 0.565. The van der Waals surface area contributed by atoms with Crippen molar-refractivity contribution < 1.29 is 14.3 Å². The van der Waals surface area contributed by atoms with E-state index in [1.54, 1.807) is 20.3 Å². The van der Waals surface area contributed by atoms with Crippen molar-refractivity contribution in [3.05, 3.63) is 60.3 Å². The average molecular weight is 361 g/mol. The highest BCUT2D eigenvalue weighted by atomic mass is 16.5. The van der Waals surface area contributed by atoms with Crippen molar-refractivity contribution in [2.75, 3.05) is 19.5 Å². The van der Waals surface area contributed by atoms with E-state index in [1.165, 1.54) is 0 Å². The fraction of sp³-hybridized carbons (Fsp3) is 0.143. The van der Waals surface area contributed by atoms with Crippen LogP contribution in [0.5, 0.6) is 11.6 Å². The van der Waals surface area contributed by atoms with Gasteiger partial charge in [0, 0.05) is 34.2 Å². The summed E-state index contributed by atoms with van der Waals surface area (Å²) in [7, 11) is 3.22. The third-order valence-corrected chi connectivity index (χ3v) is 4.48. The molecule has 6 nitrogen and oxygen atoms in total. The molecule has 6 heteroatoms. The molecule has 136 valence electrons. The Bertz CT molecular complexity index is 1130. The first-order chi connectivity index (χ1) is 13.2. The Morgan fingerprint density at radius 3 is 2.78 bits per heavy atom. The second kappa shape index (κ2) is 6.99. The van der Waals surface area contributed by atoms with Crippen LogP contribution in [0.1, 0.15) is 5.56 Å². The summed E-state index contributed by atoms with van der Waals surface area (Å²) in [6.07, 6.45) is 2.13. The van der Waals surface area contributed by atoms with Crippen LogP contribution in [0.15, 0.2) is 54.7 Å². The normalized spacial score (nSPS) is 10.9. The first-order valence-corrected chi connectivity index (χ1v) is 8.55. The van der Waals surface area contributed by atoms with E-state index in [0.717, 1.165) is 38.8 Å². The number of benzene rings is 2. The average Bonchev–Trinajstić information content (AvgIpc) is 3.09. The second-order valence-corrected chi connectivity index (χ2v) is 6.21. The molecule has 2 aromatic carbocycles. The van der Waals surface area contributed by atoms with Crippen molar-refractivity contribution in [3.63, 3.8) is 0 Å². The minimum absolute atomic E-state index is 0.0838. The zero-order chi connectivity index (χ0) is 18.8. The van der Waals surface area contributed by atoms with E-state index in [-0.39, 0.29) is 12.3 Å². The molecule has 2 aromatic heterocycles. The van der Waals surface area contributed by atoms with Gasteiger partial charge in [0.05, 0.1) is 26.2 Å². The highest BCUT2D eigenvalue weighted by molar-refractivity contribution is 5.97. The second-order valence-electron chi connectivity index (χ2n) is 6.21. The molecule has 0 saturated carbocycles. The van der Waals surface area contributed by atoms with E-state index in [9.17, 15) is 4.79 Å². The number of nitrogens with zero attached hydrogens (tertiary/aromatic N) is 1. The SMILES string of the molecule is COc1ccc2[nH]cc(CC(=O)Nc3ccc4nc(OC)ccc4c3)c2c1. The number of amides is 1. The summed E-state index contributed by atoms with van der Waals surface area (Å²) >= 11 is 0. The molecule has 0 aliphatic heterocycles. The maximum Gasteiger partial charge on any atom is 0.228 e. The van der Waals surface area contributed by atoms with Crippen LogP contribution in [0.2, 0.25) is 0 Å². The maximum atomic E-state index is 12.5. The first kappa shape index (κ1) is 16.9. The monoisotopic (exact) mass is 361 g/mol. The van der Waals surface area contributed by atoms with Gasteiger partial charge in [-0.1, -0.05) is 0 Å². The van der Waals surface area contributed by atoms with E-state index in [4.69, 9.17) is 9.47 Å². The van der Waals surface area contributed by atoms with Crippen molar-refractivity contribution in [2.45, 2.75) is 6.42 Å². The van der Waals surface area contributed by atoms with Crippen LogP contribution in [0, 0.1) is 0 Å². The van der Waals surface area contributed by atoms with Crippen LogP contribution in [-0.4, -0.2) is 30.1 Å². The number of ether oxygens (including phenoxy) is 2. The molecular weight excluding hydrogens is 342 g/mol. The summed E-state index contributed by atoms with van der Waals surface area (Å²) in [6.45, 7) is 0. The standard InChI is InChI=1S/C21H19N3O3/c1-26-16-5-7-19-17(11-16)14(12-22-19)10-20(25)23-15-4-6-18-13(9-15)3-8-21(24-18)27-2/h3-9,11-12,22H,10H2,1-2H3,(H,23,25). The summed E-state index contributed by atoms with van der Waals surface area (Å²) in [5, 5.41) is 4.87. The Morgan fingerprint density at radius 1 is 1.07 bits per heavy atom. The lowest BCUT2D eigenvalue weighted by molar-refractivity contribution is -0.115. The molecular formula is C21H19N3O3. The summed E-state index contributed by atoms with van der Waals surface area (Å²) in [4.78, 5) is 20.1. The summed E-state index contributed by atoms with van der Waals surface area (Å²) in [6, 6.07) is 15.1. The van der Waals surface area contributed by atoms with E-state index >= 15 is 0 Å². The Balaban J connectivity index is 1.53. The van der Waals surface area contributed by atoms with Crippen LogP contribution in [0.4, 0.5) is 5.69 Å².